The van der Waals surface area contributed by atoms with E-state index in [4.69, 9.17) is 5.73 Å². The number of sulfone groups is 1. The summed E-state index contributed by atoms with van der Waals surface area (Å²) < 4.78 is 22.3. The summed E-state index contributed by atoms with van der Waals surface area (Å²) in [6, 6.07) is 0.286. The summed E-state index contributed by atoms with van der Waals surface area (Å²) in [4.78, 5) is 2.11. The summed E-state index contributed by atoms with van der Waals surface area (Å²) in [5, 5.41) is 0. The average molecular weight is 276 g/mol. The molecule has 0 heterocycles. The van der Waals surface area contributed by atoms with Gasteiger partial charge in [0, 0.05) is 25.4 Å². The van der Waals surface area contributed by atoms with Crippen LogP contribution in [0.1, 0.15) is 32.6 Å². The van der Waals surface area contributed by atoms with Crippen LogP contribution in [0.5, 0.6) is 0 Å². The van der Waals surface area contributed by atoms with Gasteiger partial charge in [-0.1, -0.05) is 13.3 Å². The van der Waals surface area contributed by atoms with Gasteiger partial charge < -0.3 is 10.6 Å². The first-order chi connectivity index (χ1) is 8.31. The average Bonchev–Trinajstić information content (AvgIpc) is 2.28. The first-order valence-corrected chi connectivity index (χ1v) is 8.99. The molecule has 0 bridgehead atoms. The standard InChI is InChI=1S/C13H28N2O2S/c1-4-11-5-6-13(14)12(9-11)10-15(2)7-8-18(3,16)17/h11-13H,4-10,14H2,1-3H3. The van der Waals surface area contributed by atoms with Crippen molar-refractivity contribution in [1.29, 1.82) is 0 Å². The zero-order valence-electron chi connectivity index (χ0n) is 11.9. The first-order valence-electron chi connectivity index (χ1n) is 6.93. The van der Waals surface area contributed by atoms with Gasteiger partial charge in [-0.3, -0.25) is 0 Å². The fraction of sp³-hybridized carbons (Fsp3) is 1.00. The first kappa shape index (κ1) is 15.9. The lowest BCUT2D eigenvalue weighted by atomic mass is 9.77. The molecule has 0 aromatic carbocycles. The number of hydrogen-bond donors (Lipinski definition) is 1. The van der Waals surface area contributed by atoms with Gasteiger partial charge in [-0.05, 0) is 38.1 Å². The number of rotatable bonds is 6. The highest BCUT2D eigenvalue weighted by molar-refractivity contribution is 7.90. The molecule has 1 fully saturated rings. The van der Waals surface area contributed by atoms with E-state index >= 15 is 0 Å². The molecule has 1 saturated carbocycles. The van der Waals surface area contributed by atoms with Crippen LogP contribution in [0, 0.1) is 11.8 Å². The van der Waals surface area contributed by atoms with Gasteiger partial charge in [0.2, 0.25) is 0 Å². The van der Waals surface area contributed by atoms with Crippen LogP contribution in [0.3, 0.4) is 0 Å². The fourth-order valence-corrected chi connectivity index (χ4v) is 3.42. The van der Waals surface area contributed by atoms with Gasteiger partial charge >= 0.3 is 0 Å². The van der Waals surface area contributed by atoms with Crippen molar-refractivity contribution in [3.63, 3.8) is 0 Å². The van der Waals surface area contributed by atoms with Crippen LogP contribution in [0.15, 0.2) is 0 Å². The maximum absolute atomic E-state index is 11.1. The molecular formula is C13H28N2O2S. The van der Waals surface area contributed by atoms with Crippen molar-refractivity contribution in [1.82, 2.24) is 4.90 Å². The predicted molar refractivity (Wildman–Crippen MR) is 76.3 cm³/mol. The summed E-state index contributed by atoms with van der Waals surface area (Å²) in [6.07, 6.45) is 6.09. The van der Waals surface area contributed by atoms with Gasteiger partial charge in [0.15, 0.2) is 0 Å². The lowest BCUT2D eigenvalue weighted by molar-refractivity contribution is 0.175. The maximum atomic E-state index is 11.1. The minimum Gasteiger partial charge on any atom is -0.327 e. The van der Waals surface area contributed by atoms with Crippen molar-refractivity contribution in [3.05, 3.63) is 0 Å². The maximum Gasteiger partial charge on any atom is 0.148 e. The zero-order valence-corrected chi connectivity index (χ0v) is 12.7. The van der Waals surface area contributed by atoms with E-state index in [0.29, 0.717) is 12.5 Å². The van der Waals surface area contributed by atoms with E-state index in [1.807, 2.05) is 7.05 Å². The Balaban J connectivity index is 2.39. The molecule has 4 nitrogen and oxygen atoms in total. The molecule has 0 saturated heterocycles. The Kier molecular flexibility index (Phi) is 6.08. The van der Waals surface area contributed by atoms with Crippen molar-refractivity contribution >= 4 is 9.84 Å². The normalized spacial score (nSPS) is 29.7. The van der Waals surface area contributed by atoms with E-state index in [1.54, 1.807) is 0 Å². The Hall–Kier alpha value is -0.130. The van der Waals surface area contributed by atoms with Gasteiger partial charge in [-0.25, -0.2) is 8.42 Å². The van der Waals surface area contributed by atoms with Crippen LogP contribution < -0.4 is 5.73 Å². The van der Waals surface area contributed by atoms with Crippen molar-refractivity contribution in [2.75, 3.05) is 32.1 Å². The van der Waals surface area contributed by atoms with Gasteiger partial charge in [-0.2, -0.15) is 0 Å². The molecule has 0 radical (unpaired) electrons. The fourth-order valence-electron chi connectivity index (χ4n) is 2.78. The molecule has 5 heteroatoms. The second-order valence-corrected chi connectivity index (χ2v) is 8.16. The van der Waals surface area contributed by atoms with Crippen LogP contribution in [-0.2, 0) is 9.84 Å². The Morgan fingerprint density at radius 3 is 2.56 bits per heavy atom. The van der Waals surface area contributed by atoms with E-state index in [-0.39, 0.29) is 11.8 Å². The van der Waals surface area contributed by atoms with Gasteiger partial charge in [0.25, 0.3) is 0 Å². The number of nitrogens with two attached hydrogens (primary N) is 1. The second kappa shape index (κ2) is 6.87. The van der Waals surface area contributed by atoms with Gasteiger partial charge in [-0.15, -0.1) is 0 Å². The molecule has 3 unspecified atom stereocenters. The van der Waals surface area contributed by atoms with Crippen LogP contribution in [-0.4, -0.2) is 51.5 Å². The molecule has 0 aromatic heterocycles. The number of hydrogen-bond acceptors (Lipinski definition) is 4. The third kappa shape index (κ3) is 5.67. The quantitative estimate of drug-likeness (QED) is 0.789. The smallest absolute Gasteiger partial charge is 0.148 e. The topological polar surface area (TPSA) is 63.4 Å². The summed E-state index contributed by atoms with van der Waals surface area (Å²) in [5.74, 6) is 1.56. The van der Waals surface area contributed by atoms with E-state index in [1.165, 1.54) is 25.5 Å². The van der Waals surface area contributed by atoms with E-state index in [2.05, 4.69) is 11.8 Å². The van der Waals surface area contributed by atoms with Crippen LogP contribution >= 0.6 is 0 Å². The van der Waals surface area contributed by atoms with Crippen molar-refractivity contribution in [2.45, 2.75) is 38.6 Å². The third-order valence-corrected chi connectivity index (χ3v) is 5.04. The van der Waals surface area contributed by atoms with E-state index < -0.39 is 9.84 Å². The molecule has 0 amide bonds. The van der Waals surface area contributed by atoms with Crippen molar-refractivity contribution < 1.29 is 8.42 Å². The summed E-state index contributed by atoms with van der Waals surface area (Å²) in [6.45, 7) is 3.78. The van der Waals surface area contributed by atoms with Crippen LogP contribution in [0.25, 0.3) is 0 Å². The molecule has 0 spiro atoms. The monoisotopic (exact) mass is 276 g/mol. The molecule has 1 rings (SSSR count). The Bertz CT molecular complexity index is 343. The lowest BCUT2D eigenvalue weighted by Gasteiger charge is -2.36. The molecule has 18 heavy (non-hydrogen) atoms. The lowest BCUT2D eigenvalue weighted by Crippen LogP contribution is -2.43. The second-order valence-electron chi connectivity index (χ2n) is 5.90. The SMILES string of the molecule is CCC1CCC(N)C(CN(C)CCS(C)(=O)=O)C1. The Labute approximate surface area is 112 Å². The zero-order chi connectivity index (χ0) is 13.8. The minimum absolute atomic E-state index is 0.239. The highest BCUT2D eigenvalue weighted by Gasteiger charge is 2.28. The van der Waals surface area contributed by atoms with Crippen molar-refractivity contribution in [3.8, 4) is 0 Å². The molecule has 0 aromatic rings. The third-order valence-electron chi connectivity index (χ3n) is 4.12. The van der Waals surface area contributed by atoms with E-state index in [0.717, 1.165) is 18.9 Å². The van der Waals surface area contributed by atoms with Crippen molar-refractivity contribution in [2.24, 2.45) is 17.6 Å². The largest absolute Gasteiger partial charge is 0.327 e. The predicted octanol–water partition coefficient (Wildman–Crippen LogP) is 1.12. The summed E-state index contributed by atoms with van der Waals surface area (Å²) in [5.41, 5.74) is 6.18. The van der Waals surface area contributed by atoms with Crippen LogP contribution in [0.4, 0.5) is 0 Å². The highest BCUT2D eigenvalue weighted by atomic mass is 32.2. The van der Waals surface area contributed by atoms with Crippen LogP contribution in [0.2, 0.25) is 0 Å². The Morgan fingerprint density at radius 1 is 1.33 bits per heavy atom. The molecule has 108 valence electrons. The molecule has 1 aliphatic carbocycles. The summed E-state index contributed by atoms with van der Waals surface area (Å²) in [7, 11) is -0.868. The van der Waals surface area contributed by atoms with Gasteiger partial charge in [0.1, 0.15) is 9.84 Å². The molecule has 0 aliphatic heterocycles. The molecule has 1 aliphatic rings. The highest BCUT2D eigenvalue weighted by Crippen LogP contribution is 2.30. The molecular weight excluding hydrogens is 248 g/mol. The van der Waals surface area contributed by atoms with E-state index in [9.17, 15) is 8.42 Å². The minimum atomic E-state index is -2.86. The molecule has 3 atom stereocenters. The number of nitrogens with zero attached hydrogens (tertiary/aromatic N) is 1. The Morgan fingerprint density at radius 2 is 2.00 bits per heavy atom. The molecule has 2 N–H and O–H groups in total. The van der Waals surface area contributed by atoms with Gasteiger partial charge in [0.05, 0.1) is 5.75 Å². The summed E-state index contributed by atoms with van der Waals surface area (Å²) >= 11 is 0.